The fourth-order valence-electron chi connectivity index (χ4n) is 4.94. The molecule has 1 heterocycles. The number of hydrogen-bond donors (Lipinski definition) is 0. The van der Waals surface area contributed by atoms with Crippen LogP contribution >= 0.6 is 14.7 Å². The molecule has 0 N–H and O–H groups in total. The van der Waals surface area contributed by atoms with Crippen LogP contribution in [0.1, 0.15) is 76.2 Å². The molecule has 0 spiro atoms. The third-order valence-electron chi connectivity index (χ3n) is 6.63. The van der Waals surface area contributed by atoms with E-state index in [1.165, 1.54) is 0 Å². The summed E-state index contributed by atoms with van der Waals surface area (Å²) in [5.41, 5.74) is -2.21. The van der Waals surface area contributed by atoms with E-state index in [0.717, 1.165) is 0 Å². The normalized spacial score (nSPS) is 22.5. The third-order valence-corrected chi connectivity index (χ3v) is 11.7. The number of carbonyl (C=O) groups excluding carboxylic acids is 2. The molecule has 0 amide bonds. The van der Waals surface area contributed by atoms with E-state index in [4.69, 9.17) is 18.5 Å². The summed E-state index contributed by atoms with van der Waals surface area (Å²) in [6, 6.07) is 0. The van der Waals surface area contributed by atoms with Crippen LogP contribution in [0.3, 0.4) is 0 Å². The van der Waals surface area contributed by atoms with E-state index in [9.17, 15) is 18.7 Å². The van der Waals surface area contributed by atoms with Crippen LogP contribution in [-0.2, 0) is 37.2 Å². The zero-order valence-electron chi connectivity index (χ0n) is 27.5. The van der Waals surface area contributed by atoms with Crippen LogP contribution in [0.25, 0.3) is 0 Å². The Morgan fingerprint density at radius 1 is 0.732 bits per heavy atom. The second kappa shape index (κ2) is 15.8. The van der Waals surface area contributed by atoms with Gasteiger partial charge in [-0.1, -0.05) is 13.8 Å². The lowest BCUT2D eigenvalue weighted by Gasteiger charge is -2.44. The fraction of sp³-hybridized carbons (Fsp3) is 0.929. The molecular weight excluding hydrogens is 568 g/mol. The minimum Gasteiger partial charge on any atom is -0.459 e. The van der Waals surface area contributed by atoms with Crippen molar-refractivity contribution in [2.24, 2.45) is 0 Å². The maximum absolute atomic E-state index is 13.6. The van der Waals surface area contributed by atoms with Gasteiger partial charge in [-0.3, -0.25) is 33.4 Å². The van der Waals surface area contributed by atoms with Gasteiger partial charge in [-0.05, 0) is 62.3 Å². The van der Waals surface area contributed by atoms with Crippen LogP contribution in [0.5, 0.6) is 0 Å². The average molecular weight is 626 g/mol. The molecule has 0 aromatic rings. The molecule has 2 unspecified atom stereocenters. The van der Waals surface area contributed by atoms with Crippen molar-refractivity contribution in [1.82, 2.24) is 14.7 Å². The van der Waals surface area contributed by atoms with Gasteiger partial charge in [0.25, 0.3) is 0 Å². The van der Waals surface area contributed by atoms with Crippen molar-refractivity contribution >= 4 is 26.7 Å². The van der Waals surface area contributed by atoms with Crippen LogP contribution in [0, 0.1) is 0 Å². The minimum atomic E-state index is -2.94. The minimum absolute atomic E-state index is 0.150. The largest absolute Gasteiger partial charge is 0.459 e. The van der Waals surface area contributed by atoms with Gasteiger partial charge in [0.15, 0.2) is 0 Å². The van der Waals surface area contributed by atoms with E-state index in [-0.39, 0.29) is 25.7 Å². The smallest absolute Gasteiger partial charge is 0.320 e. The lowest BCUT2D eigenvalue weighted by atomic mass is 9.98. The van der Waals surface area contributed by atoms with Crippen molar-refractivity contribution in [3.63, 3.8) is 0 Å². The first-order valence-electron chi connectivity index (χ1n) is 14.8. The lowest BCUT2D eigenvalue weighted by Crippen LogP contribution is -2.60. The maximum atomic E-state index is 13.6. The van der Waals surface area contributed by atoms with E-state index in [1.54, 1.807) is 46.4 Å². The van der Waals surface area contributed by atoms with Gasteiger partial charge >= 0.3 is 11.9 Å². The van der Waals surface area contributed by atoms with Crippen molar-refractivity contribution in [1.29, 1.82) is 0 Å². The van der Waals surface area contributed by atoms with Gasteiger partial charge in [-0.25, -0.2) is 0 Å². The molecule has 13 heteroatoms. The molecule has 1 fully saturated rings. The molecule has 1 rings (SSSR count). The molecule has 2 atom stereocenters. The summed E-state index contributed by atoms with van der Waals surface area (Å²) in [4.78, 5) is 32.2. The average Bonchev–Trinajstić information content (AvgIpc) is 2.95. The maximum Gasteiger partial charge on any atom is 0.320 e. The van der Waals surface area contributed by atoms with E-state index < -0.39 is 43.4 Å². The Labute approximate surface area is 248 Å². The van der Waals surface area contributed by atoms with Gasteiger partial charge in [0, 0.05) is 44.0 Å². The molecule has 0 saturated carbocycles. The Morgan fingerprint density at radius 3 is 1.34 bits per heavy atom. The number of carbonyl (C=O) groups is 2. The molecule has 0 aliphatic carbocycles. The Morgan fingerprint density at radius 2 is 1.07 bits per heavy atom. The van der Waals surface area contributed by atoms with Gasteiger partial charge in [0.05, 0.1) is 38.9 Å². The van der Waals surface area contributed by atoms with Crippen molar-refractivity contribution in [3.05, 3.63) is 0 Å². The summed E-state index contributed by atoms with van der Waals surface area (Å²) in [5, 5.41) is 0. The fourth-order valence-corrected chi connectivity index (χ4v) is 8.51. The Kier molecular flexibility index (Phi) is 14.7. The van der Waals surface area contributed by atoms with Gasteiger partial charge in [0.1, 0.15) is 11.2 Å². The zero-order chi connectivity index (χ0) is 31.7. The molecule has 1 saturated heterocycles. The molecule has 242 valence electrons. The molecule has 41 heavy (non-hydrogen) atoms. The molecule has 0 aromatic carbocycles. The monoisotopic (exact) mass is 625 g/mol. The molecule has 1 aliphatic rings. The van der Waals surface area contributed by atoms with Crippen LogP contribution in [-0.4, -0.2) is 121 Å². The van der Waals surface area contributed by atoms with Crippen molar-refractivity contribution in [2.45, 2.75) is 92.9 Å². The predicted octanol–water partition coefficient (Wildman–Crippen LogP) is 4.93. The van der Waals surface area contributed by atoms with Gasteiger partial charge < -0.3 is 18.5 Å². The van der Waals surface area contributed by atoms with Gasteiger partial charge in [-0.2, -0.15) is 0 Å². The van der Waals surface area contributed by atoms with E-state index in [2.05, 4.69) is 9.80 Å². The molecule has 0 bridgehead atoms. The van der Waals surface area contributed by atoms with Gasteiger partial charge in [0.2, 0.25) is 14.7 Å². The summed E-state index contributed by atoms with van der Waals surface area (Å²) in [6.07, 6.45) is 1.27. The summed E-state index contributed by atoms with van der Waals surface area (Å²) in [6.45, 7) is 22.4. The summed E-state index contributed by atoms with van der Waals surface area (Å²) in [5.74, 6) is -0.932. The number of rotatable bonds is 15. The highest BCUT2D eigenvalue weighted by atomic mass is 31.2. The third kappa shape index (κ3) is 14.0. The predicted molar refractivity (Wildman–Crippen MR) is 164 cm³/mol. The first-order chi connectivity index (χ1) is 18.7. The van der Waals surface area contributed by atoms with Crippen molar-refractivity contribution in [3.8, 4) is 0 Å². The Hall–Kier alpha value is -0.800. The Balaban J connectivity index is 3.54. The number of hydrogen-bond acceptors (Lipinski definition) is 11. The molecule has 0 radical (unpaired) electrons. The van der Waals surface area contributed by atoms with Crippen LogP contribution < -0.4 is 0 Å². The van der Waals surface area contributed by atoms with Crippen LogP contribution in [0.2, 0.25) is 0 Å². The summed E-state index contributed by atoms with van der Waals surface area (Å²) < 4.78 is 49.8. The lowest BCUT2D eigenvalue weighted by molar-refractivity contribution is -0.163. The second-order valence-corrected chi connectivity index (χ2v) is 18.6. The molecule has 0 aromatic heterocycles. The van der Waals surface area contributed by atoms with Crippen molar-refractivity contribution in [2.75, 3.05) is 77.4 Å². The highest BCUT2D eigenvalue weighted by Gasteiger charge is 2.43. The van der Waals surface area contributed by atoms with E-state index in [0.29, 0.717) is 51.7 Å². The standard InChI is InChI=1S/C28H57N3O8P2/c1-12-36-40(34,14-3)22-29-16-17-30(23-41(35,15-4)37-13-2)21-28(11,20-29)31(18-24(32)38-26(5,6)7)19-25(33)39-27(8,9)10/h12-23H2,1-11H3. The Bertz CT molecular complexity index is 878. The molecule has 1 aliphatic heterocycles. The second-order valence-electron chi connectivity index (χ2n) is 13.0. The van der Waals surface area contributed by atoms with Crippen LogP contribution in [0.4, 0.5) is 0 Å². The highest BCUT2D eigenvalue weighted by molar-refractivity contribution is 7.59. The summed E-state index contributed by atoms with van der Waals surface area (Å²) in [7, 11) is -5.87. The molecule has 11 nitrogen and oxygen atoms in total. The zero-order valence-corrected chi connectivity index (χ0v) is 29.3. The first kappa shape index (κ1) is 38.2. The van der Waals surface area contributed by atoms with Crippen molar-refractivity contribution < 1.29 is 37.2 Å². The number of esters is 2. The van der Waals surface area contributed by atoms with Crippen LogP contribution in [0.15, 0.2) is 0 Å². The topological polar surface area (TPSA) is 115 Å². The number of nitrogens with zero attached hydrogens (tertiary/aromatic N) is 3. The summed E-state index contributed by atoms with van der Waals surface area (Å²) >= 11 is 0. The SMILES string of the molecule is CCOP(=O)(CC)CN1CCN(CP(=O)(CC)OCC)CC(C)(N(CC(=O)OC(C)(C)C)CC(=O)OC(C)(C)C)C1. The number of ether oxygens (including phenoxy) is 2. The van der Waals surface area contributed by atoms with Gasteiger partial charge in [-0.15, -0.1) is 0 Å². The quantitative estimate of drug-likeness (QED) is 0.182. The first-order valence-corrected chi connectivity index (χ1v) is 18.8. The van der Waals surface area contributed by atoms with E-state index in [1.807, 2.05) is 34.6 Å². The highest BCUT2D eigenvalue weighted by Crippen LogP contribution is 2.49. The van der Waals surface area contributed by atoms with E-state index >= 15 is 0 Å². The molecular formula is C28H57N3O8P2.